The lowest BCUT2D eigenvalue weighted by Crippen LogP contribution is -2.45. The second kappa shape index (κ2) is 3.26. The Bertz CT molecular complexity index is 152. The van der Waals surface area contributed by atoms with Crippen molar-refractivity contribution in [3.8, 4) is 0 Å². The molecule has 0 amide bonds. The third-order valence-corrected chi connectivity index (χ3v) is 2.38. The Balaban J connectivity index is 2.46. The van der Waals surface area contributed by atoms with E-state index < -0.39 is 0 Å². The maximum atomic E-state index is 4.01. The van der Waals surface area contributed by atoms with Gasteiger partial charge in [0.15, 0.2) is 0 Å². The van der Waals surface area contributed by atoms with Crippen LogP contribution in [0.1, 0.15) is 13.8 Å². The van der Waals surface area contributed by atoms with Crippen LogP contribution in [0.25, 0.3) is 0 Å². The summed E-state index contributed by atoms with van der Waals surface area (Å²) >= 11 is 0. The molecule has 0 spiro atoms. The van der Waals surface area contributed by atoms with Gasteiger partial charge in [-0.1, -0.05) is 6.58 Å². The molecule has 2 heteroatoms. The summed E-state index contributed by atoms with van der Waals surface area (Å²) in [5, 5.41) is 0. The summed E-state index contributed by atoms with van der Waals surface area (Å²) in [6.45, 7) is 11.8. The average molecular weight is 154 g/mol. The summed E-state index contributed by atoms with van der Waals surface area (Å²) in [7, 11) is 2.11. The minimum absolute atomic E-state index is 0.653. The van der Waals surface area contributed by atoms with Gasteiger partial charge in [-0.05, 0) is 13.8 Å². The summed E-state index contributed by atoms with van der Waals surface area (Å²) < 4.78 is 0. The van der Waals surface area contributed by atoms with E-state index in [-0.39, 0.29) is 0 Å². The van der Waals surface area contributed by atoms with Crippen LogP contribution in [-0.2, 0) is 0 Å². The van der Waals surface area contributed by atoms with E-state index in [0.29, 0.717) is 6.04 Å². The van der Waals surface area contributed by atoms with Gasteiger partial charge in [0.1, 0.15) is 0 Å². The van der Waals surface area contributed by atoms with Gasteiger partial charge in [-0.25, -0.2) is 0 Å². The molecule has 0 saturated carbocycles. The molecule has 1 heterocycles. The fraction of sp³-hybridized carbons (Fsp3) is 0.778. The Kier molecular flexibility index (Phi) is 2.55. The molecule has 11 heavy (non-hydrogen) atoms. The van der Waals surface area contributed by atoms with E-state index in [1.165, 1.54) is 12.2 Å². The maximum Gasteiger partial charge on any atom is 0.0381 e. The second-order valence-electron chi connectivity index (χ2n) is 3.55. The van der Waals surface area contributed by atoms with Crippen molar-refractivity contribution in [1.29, 1.82) is 0 Å². The molecule has 0 aromatic heterocycles. The molecule has 0 unspecified atom stereocenters. The van der Waals surface area contributed by atoms with Crippen molar-refractivity contribution in [1.82, 2.24) is 9.80 Å². The molecule has 1 fully saturated rings. The number of rotatable bonds is 1. The van der Waals surface area contributed by atoms with Crippen LogP contribution in [0.3, 0.4) is 0 Å². The van der Waals surface area contributed by atoms with E-state index in [1.54, 1.807) is 0 Å². The largest absolute Gasteiger partial charge is 0.376 e. The van der Waals surface area contributed by atoms with Gasteiger partial charge in [0.05, 0.1) is 0 Å². The fourth-order valence-electron chi connectivity index (χ4n) is 1.31. The molecule has 1 aliphatic rings. The molecule has 1 saturated heterocycles. The van der Waals surface area contributed by atoms with Crippen LogP contribution in [0.5, 0.6) is 0 Å². The smallest absolute Gasteiger partial charge is 0.0381 e. The van der Waals surface area contributed by atoms with E-state index >= 15 is 0 Å². The Morgan fingerprint density at radius 2 is 2.00 bits per heavy atom. The molecule has 0 aromatic carbocycles. The third-order valence-electron chi connectivity index (χ3n) is 2.38. The first kappa shape index (κ1) is 8.60. The SMILES string of the molecule is C=C1CN(C(C)C)CCN1C. The van der Waals surface area contributed by atoms with Gasteiger partial charge >= 0.3 is 0 Å². The molecule has 2 nitrogen and oxygen atoms in total. The molecular weight excluding hydrogens is 136 g/mol. The van der Waals surface area contributed by atoms with Crippen LogP contribution in [0.4, 0.5) is 0 Å². The molecule has 0 N–H and O–H groups in total. The van der Waals surface area contributed by atoms with Crippen molar-refractivity contribution < 1.29 is 0 Å². The van der Waals surface area contributed by atoms with Crippen molar-refractivity contribution in [3.05, 3.63) is 12.3 Å². The van der Waals surface area contributed by atoms with Crippen LogP contribution in [0.15, 0.2) is 12.3 Å². The summed E-state index contributed by atoms with van der Waals surface area (Å²) in [6, 6.07) is 0.653. The highest BCUT2D eigenvalue weighted by molar-refractivity contribution is 4.99. The monoisotopic (exact) mass is 154 g/mol. The van der Waals surface area contributed by atoms with Crippen molar-refractivity contribution in [2.45, 2.75) is 19.9 Å². The summed E-state index contributed by atoms with van der Waals surface area (Å²) in [6.07, 6.45) is 0. The van der Waals surface area contributed by atoms with Gasteiger partial charge in [-0.15, -0.1) is 0 Å². The zero-order chi connectivity index (χ0) is 8.43. The standard InChI is InChI=1S/C9H18N2/c1-8(2)11-6-5-10(4)9(3)7-11/h8H,3,5-7H2,1-2,4H3. The first-order chi connectivity index (χ1) is 5.11. The van der Waals surface area contributed by atoms with Gasteiger partial charge in [0, 0.05) is 38.4 Å². The van der Waals surface area contributed by atoms with Gasteiger partial charge in [-0.2, -0.15) is 0 Å². The molecule has 0 aliphatic carbocycles. The molecule has 1 aliphatic heterocycles. The van der Waals surface area contributed by atoms with Crippen molar-refractivity contribution in [2.75, 3.05) is 26.7 Å². The Labute approximate surface area is 69.5 Å². The predicted molar refractivity (Wildman–Crippen MR) is 48.5 cm³/mol. The number of likely N-dealkylation sites (N-methyl/N-ethyl adjacent to an activating group) is 1. The van der Waals surface area contributed by atoms with Gasteiger partial charge in [0.2, 0.25) is 0 Å². The van der Waals surface area contributed by atoms with Crippen LogP contribution in [0, 0.1) is 0 Å². The summed E-state index contributed by atoms with van der Waals surface area (Å²) in [4.78, 5) is 4.68. The highest BCUT2D eigenvalue weighted by Gasteiger charge is 2.17. The van der Waals surface area contributed by atoms with Crippen LogP contribution in [0.2, 0.25) is 0 Å². The summed E-state index contributed by atoms with van der Waals surface area (Å²) in [5.41, 5.74) is 1.24. The van der Waals surface area contributed by atoms with E-state index in [1.807, 2.05) is 0 Å². The van der Waals surface area contributed by atoms with Gasteiger partial charge in [-0.3, -0.25) is 4.90 Å². The average Bonchev–Trinajstić information content (AvgIpc) is 1.94. The zero-order valence-electron chi connectivity index (χ0n) is 7.80. The quantitative estimate of drug-likeness (QED) is 0.559. The number of hydrogen-bond acceptors (Lipinski definition) is 2. The zero-order valence-corrected chi connectivity index (χ0v) is 7.80. The highest BCUT2D eigenvalue weighted by Crippen LogP contribution is 2.11. The summed E-state index contributed by atoms with van der Waals surface area (Å²) in [5.74, 6) is 0. The first-order valence-electron chi connectivity index (χ1n) is 4.24. The van der Waals surface area contributed by atoms with Crippen molar-refractivity contribution in [2.24, 2.45) is 0 Å². The molecule has 1 rings (SSSR count). The lowest BCUT2D eigenvalue weighted by atomic mass is 10.2. The topological polar surface area (TPSA) is 6.48 Å². The fourth-order valence-corrected chi connectivity index (χ4v) is 1.31. The minimum atomic E-state index is 0.653. The van der Waals surface area contributed by atoms with Crippen LogP contribution >= 0.6 is 0 Å². The first-order valence-corrected chi connectivity index (χ1v) is 4.24. The van der Waals surface area contributed by atoms with Crippen LogP contribution < -0.4 is 0 Å². The van der Waals surface area contributed by atoms with Crippen molar-refractivity contribution >= 4 is 0 Å². The van der Waals surface area contributed by atoms with Gasteiger partial charge in [0.25, 0.3) is 0 Å². The molecule has 0 bridgehead atoms. The molecule has 0 atom stereocenters. The number of nitrogens with zero attached hydrogens (tertiary/aromatic N) is 2. The lowest BCUT2D eigenvalue weighted by Gasteiger charge is -2.37. The number of hydrogen-bond donors (Lipinski definition) is 0. The van der Waals surface area contributed by atoms with E-state index in [4.69, 9.17) is 0 Å². The van der Waals surface area contributed by atoms with E-state index in [9.17, 15) is 0 Å². The molecule has 0 aromatic rings. The van der Waals surface area contributed by atoms with Gasteiger partial charge < -0.3 is 4.90 Å². The molecule has 64 valence electrons. The Morgan fingerprint density at radius 3 is 2.45 bits per heavy atom. The maximum absolute atomic E-state index is 4.01. The predicted octanol–water partition coefficient (Wildman–Crippen LogP) is 1.16. The highest BCUT2D eigenvalue weighted by atomic mass is 15.3. The Hall–Kier alpha value is -0.500. The van der Waals surface area contributed by atoms with Crippen molar-refractivity contribution in [3.63, 3.8) is 0 Å². The lowest BCUT2D eigenvalue weighted by molar-refractivity contribution is 0.163. The molecule has 0 radical (unpaired) electrons. The Morgan fingerprint density at radius 1 is 1.36 bits per heavy atom. The molecular formula is C9H18N2. The minimum Gasteiger partial charge on any atom is -0.376 e. The van der Waals surface area contributed by atoms with E-state index in [2.05, 4.69) is 37.3 Å². The second-order valence-corrected chi connectivity index (χ2v) is 3.55. The third kappa shape index (κ3) is 1.96. The number of piperazine rings is 1. The normalized spacial score (nSPS) is 21.5. The van der Waals surface area contributed by atoms with Crippen LogP contribution in [-0.4, -0.2) is 42.5 Å². The van der Waals surface area contributed by atoms with E-state index in [0.717, 1.165) is 13.1 Å².